The molecule has 0 saturated carbocycles. The Hall–Kier alpha value is 0.268. The molecule has 0 aromatic heterocycles. The van der Waals surface area contributed by atoms with Crippen molar-refractivity contribution in [3.63, 3.8) is 0 Å². The summed E-state index contributed by atoms with van der Waals surface area (Å²) in [5.41, 5.74) is 1.98. The van der Waals surface area contributed by atoms with Crippen molar-refractivity contribution in [1.82, 2.24) is 0 Å². The minimum atomic E-state index is -4.33. The van der Waals surface area contributed by atoms with E-state index in [0.717, 1.165) is 11.1 Å². The van der Waals surface area contributed by atoms with E-state index in [1.165, 1.54) is 0 Å². The minimum absolute atomic E-state index is 0.0798. The maximum absolute atomic E-state index is 10.3. The fourth-order valence-electron chi connectivity index (χ4n) is 1.37. The average Bonchev–Trinajstić information content (AvgIpc) is 2.54. The van der Waals surface area contributed by atoms with Gasteiger partial charge in [-0.05, 0) is 35.7 Å². The van der Waals surface area contributed by atoms with Gasteiger partial charge in [0.25, 0.3) is 0 Å². The van der Waals surface area contributed by atoms with Crippen LogP contribution >= 0.6 is 55.7 Å². The van der Waals surface area contributed by atoms with Crippen molar-refractivity contribution >= 4 is 84.6 Å². The van der Waals surface area contributed by atoms with Crippen molar-refractivity contribution < 1.29 is 8.76 Å². The van der Waals surface area contributed by atoms with Crippen LogP contribution in [0.4, 0.5) is 0 Å². The Morgan fingerprint density at radius 3 is 1.85 bits per heavy atom. The van der Waals surface area contributed by atoms with Crippen molar-refractivity contribution in [3.8, 4) is 0 Å². The molecule has 0 saturated heterocycles. The summed E-state index contributed by atoms with van der Waals surface area (Å²) in [6, 6.07) is 16.1. The van der Waals surface area contributed by atoms with Crippen LogP contribution < -0.4 is 0 Å². The number of aryl methyl sites for hydroxylation is 1. The van der Waals surface area contributed by atoms with Crippen LogP contribution in [0.25, 0.3) is 11.1 Å². The summed E-state index contributed by atoms with van der Waals surface area (Å²) in [5.74, 6) is 0. The van der Waals surface area contributed by atoms with Crippen LogP contribution in [0.2, 0.25) is 0 Å². The first-order valence-corrected chi connectivity index (χ1v) is 24.4. The fraction of sp³-hybridized carbons (Fsp3) is 0.0667. The van der Waals surface area contributed by atoms with Crippen molar-refractivity contribution in [2.75, 3.05) is 0 Å². The van der Waals surface area contributed by atoms with Crippen molar-refractivity contribution in [2.24, 2.45) is 0 Å². The molecular weight excluding hydrogens is 607 g/mol. The number of benzene rings is 2. The Morgan fingerprint density at radius 1 is 1.04 bits per heavy atom. The molecule has 1 unspecified atom stereocenters. The van der Waals surface area contributed by atoms with E-state index < -0.39 is 22.8 Å². The number of rotatable bonds is 2. The third-order valence-corrected chi connectivity index (χ3v) is 3.24. The van der Waals surface area contributed by atoms with Gasteiger partial charge in [0, 0.05) is 16.5 Å². The SMILES string of the molecule is Cc1ccc(S(=O)[O-])cc1.N#[N+]/C(Cl)=C/c1ccccc1.[Cl][Sb]([Cl])([Cl])([Cl])[Cl]. The number of hydrogen-bond donors (Lipinski definition) is 0. The Kier molecular flexibility index (Phi) is 12.9. The number of diazo groups is 1. The molecule has 0 fully saturated rings. The maximum atomic E-state index is 10.3. The average molecular weight is 620 g/mol. The van der Waals surface area contributed by atoms with E-state index in [1.807, 2.05) is 37.3 Å². The second-order valence-corrected chi connectivity index (χ2v) is 43.9. The summed E-state index contributed by atoms with van der Waals surface area (Å²) >= 11 is -0.972. The zero-order valence-electron chi connectivity index (χ0n) is 13.6. The van der Waals surface area contributed by atoms with E-state index in [1.54, 1.807) is 30.3 Å². The van der Waals surface area contributed by atoms with Gasteiger partial charge < -0.3 is 4.55 Å². The van der Waals surface area contributed by atoms with Gasteiger partial charge in [0.15, 0.2) is 4.98 Å². The predicted octanol–water partition coefficient (Wildman–Crippen LogP) is 7.38. The van der Waals surface area contributed by atoms with Crippen LogP contribution in [0.5, 0.6) is 0 Å². The van der Waals surface area contributed by atoms with Gasteiger partial charge >= 0.3 is 61.0 Å². The third kappa shape index (κ3) is 19.4. The second kappa shape index (κ2) is 12.8. The molecule has 0 heterocycles. The molecule has 148 valence electrons. The summed E-state index contributed by atoms with van der Waals surface area (Å²) in [6.07, 6.45) is 1.57. The molecule has 0 N–H and O–H groups in total. The molecule has 12 heteroatoms. The van der Waals surface area contributed by atoms with Crippen LogP contribution in [0.15, 0.2) is 64.6 Å². The molecule has 2 aromatic rings. The molecule has 0 bridgehead atoms. The molecule has 0 aliphatic carbocycles. The monoisotopic (exact) mass is 616 g/mol. The molecular formula is C15H13Cl6N2O2SSb. The summed E-state index contributed by atoms with van der Waals surface area (Å²) < 4.78 is 20.6. The Bertz CT molecular complexity index is 801. The van der Waals surface area contributed by atoms with Gasteiger partial charge in [0.05, 0.1) is 6.08 Å². The first kappa shape index (κ1) is 27.3. The topological polar surface area (TPSA) is 68.3 Å². The number of halogens is 6. The van der Waals surface area contributed by atoms with Gasteiger partial charge in [-0.15, -0.1) is 0 Å². The van der Waals surface area contributed by atoms with E-state index in [-0.39, 0.29) is 5.16 Å². The zero-order chi connectivity index (χ0) is 21.1. The molecule has 1 atom stereocenters. The molecule has 2 aromatic carbocycles. The van der Waals surface area contributed by atoms with E-state index in [4.69, 9.17) is 61.1 Å². The third-order valence-electron chi connectivity index (χ3n) is 2.39. The Balaban J connectivity index is 0.000000394. The molecule has 27 heavy (non-hydrogen) atoms. The Morgan fingerprint density at radius 2 is 1.48 bits per heavy atom. The molecule has 0 aliphatic heterocycles. The number of nitrogens with zero attached hydrogens (tertiary/aromatic N) is 2. The summed E-state index contributed by atoms with van der Waals surface area (Å²) in [5, 5.41) is 8.30. The molecule has 4 nitrogen and oxygen atoms in total. The summed E-state index contributed by atoms with van der Waals surface area (Å²) in [6.45, 7) is 1.91. The van der Waals surface area contributed by atoms with Gasteiger partial charge in [-0.25, -0.2) is 0 Å². The van der Waals surface area contributed by atoms with Gasteiger partial charge in [-0.2, -0.15) is 0 Å². The quantitative estimate of drug-likeness (QED) is 0.153. The molecule has 0 spiro atoms. The van der Waals surface area contributed by atoms with Crippen LogP contribution in [0, 0.1) is 12.3 Å². The normalized spacial score (nSPS) is 13.4. The van der Waals surface area contributed by atoms with Crippen LogP contribution in [-0.4, -0.2) is 20.4 Å². The second-order valence-electron chi connectivity index (χ2n) is 4.66. The zero-order valence-corrected chi connectivity index (χ0v) is 21.5. The molecule has 0 amide bonds. The Labute approximate surface area is 184 Å². The van der Waals surface area contributed by atoms with E-state index in [2.05, 4.69) is 4.98 Å². The van der Waals surface area contributed by atoms with Crippen molar-refractivity contribution in [2.45, 2.75) is 11.8 Å². The van der Waals surface area contributed by atoms with Gasteiger partial charge in [0.1, 0.15) is 0 Å². The standard InChI is InChI=1S/C8H6ClN2.C7H8O2S.5ClH.Sb/c9-8(11-10)6-7-4-2-1-3-5-7;1-6-2-4-7(5-3-6)10(8)9;;;;;;/h1-6H;2-5H,1H3,(H,8,9);5*1H;/q+1;;;;;;;+5/p-6/b8-6+;;;;;;;. The molecule has 0 radical (unpaired) electrons. The summed E-state index contributed by atoms with van der Waals surface area (Å²) in [7, 11) is 25.2. The summed E-state index contributed by atoms with van der Waals surface area (Å²) in [4.78, 5) is 3.15. The van der Waals surface area contributed by atoms with Crippen LogP contribution in [0.1, 0.15) is 11.1 Å². The van der Waals surface area contributed by atoms with E-state index >= 15 is 0 Å². The van der Waals surface area contributed by atoms with Crippen LogP contribution in [0.3, 0.4) is 0 Å². The van der Waals surface area contributed by atoms with E-state index in [0.29, 0.717) is 4.90 Å². The van der Waals surface area contributed by atoms with Crippen molar-refractivity contribution in [1.29, 1.82) is 5.39 Å². The first-order chi connectivity index (χ1) is 12.3. The number of hydrogen-bond acceptors (Lipinski definition) is 3. The molecule has 2 rings (SSSR count). The van der Waals surface area contributed by atoms with Crippen LogP contribution in [-0.2, 0) is 11.1 Å². The van der Waals surface area contributed by atoms with Crippen molar-refractivity contribution in [3.05, 3.63) is 75.9 Å². The fourth-order valence-corrected chi connectivity index (χ4v) is 1.85. The van der Waals surface area contributed by atoms with Gasteiger partial charge in [-0.1, -0.05) is 48.0 Å². The van der Waals surface area contributed by atoms with Gasteiger partial charge in [0.2, 0.25) is 5.39 Å². The molecule has 0 aliphatic rings. The van der Waals surface area contributed by atoms with E-state index in [9.17, 15) is 8.76 Å². The van der Waals surface area contributed by atoms with Gasteiger partial charge in [-0.3, -0.25) is 4.21 Å². The first-order valence-electron chi connectivity index (χ1n) is 6.80. The predicted molar refractivity (Wildman–Crippen MR) is 119 cm³/mol.